The minimum atomic E-state index is 0.974. The number of rotatable bonds is 0. The standard InChI is InChI=1S/C80H46N16/c1-7-37-16-43-23-51-53-25-49-22-50-26-54-52-24-44-17-38-8-2-32(82-38)14-34-4-10-40(84-34)19-46-28-56-60-62-58-30-48-21-42-12-6-36(86-42)15-35-5-11-41(85-35)20-47-29-57-61-59-55-27-45(18-39-9-3-33(83-39)13-31(1)81-37)91-73(55)63(69(51)87-43)66(71(53)89-49)77(59)95-79(61)68(65(75(57)93-47)76(58)94-48)80(62)96-78(60)67(72(54)90-50)64(70(52)88-44)74(56)92-46/h1-30,81-96H. The van der Waals surface area contributed by atoms with Crippen LogP contribution < -0.4 is 0 Å². The van der Waals surface area contributed by atoms with Gasteiger partial charge in [0, 0.05) is 207 Å². The first-order valence-electron chi connectivity index (χ1n) is 32.6. The number of nitrogens with one attached hydrogen (secondary N) is 16. The molecular formula is C80H46N16. The van der Waals surface area contributed by atoms with Crippen molar-refractivity contribution in [3.05, 3.63) is 182 Å². The van der Waals surface area contributed by atoms with Gasteiger partial charge in [-0.05, 0) is 182 Å². The van der Waals surface area contributed by atoms with Gasteiger partial charge in [0.25, 0.3) is 0 Å². The van der Waals surface area contributed by atoms with Crippen molar-refractivity contribution in [2.24, 2.45) is 0 Å². The molecule has 20 heterocycles. The Labute approximate surface area is 532 Å². The molecule has 20 aromatic heterocycles. The van der Waals surface area contributed by atoms with Crippen molar-refractivity contribution >= 4 is 273 Å². The maximum Gasteiger partial charge on any atom is 0.0574 e. The monoisotopic (exact) mass is 1230 g/mol. The largest absolute Gasteiger partial charge is 0.355 e. The summed E-state index contributed by atoms with van der Waals surface area (Å²) in [7, 11) is 0. The maximum absolute atomic E-state index is 4.44. The van der Waals surface area contributed by atoms with Gasteiger partial charge in [0.1, 0.15) is 0 Å². The lowest BCUT2D eigenvalue weighted by atomic mass is 9.93. The van der Waals surface area contributed by atoms with Gasteiger partial charge in [0.15, 0.2) is 0 Å². The second-order valence-corrected chi connectivity index (χ2v) is 27.3. The number of hydrogen-bond donors (Lipinski definition) is 16. The molecular weight excluding hydrogens is 1180 g/mol. The summed E-state index contributed by atoms with van der Waals surface area (Å²) in [5.41, 5.74) is 32.4. The molecule has 446 valence electrons. The summed E-state index contributed by atoms with van der Waals surface area (Å²) in [6.45, 7) is 0. The van der Waals surface area contributed by atoms with E-state index in [0.29, 0.717) is 0 Å². The van der Waals surface area contributed by atoms with Crippen LogP contribution in [0.5, 0.6) is 0 Å². The number of hydrogen-bond acceptors (Lipinski definition) is 0. The van der Waals surface area contributed by atoms with Gasteiger partial charge >= 0.3 is 0 Å². The van der Waals surface area contributed by atoms with Crippen molar-refractivity contribution in [2.45, 2.75) is 0 Å². The molecule has 0 saturated heterocycles. The van der Waals surface area contributed by atoms with E-state index in [-0.39, 0.29) is 0 Å². The van der Waals surface area contributed by atoms with E-state index < -0.39 is 0 Å². The topological polar surface area (TPSA) is 253 Å². The van der Waals surface area contributed by atoms with E-state index in [2.05, 4.69) is 262 Å². The van der Waals surface area contributed by atoms with Gasteiger partial charge in [-0.1, -0.05) is 0 Å². The van der Waals surface area contributed by atoms with Crippen molar-refractivity contribution in [2.75, 3.05) is 0 Å². The average molecular weight is 1230 g/mol. The first-order valence-corrected chi connectivity index (χ1v) is 32.6. The molecule has 0 amide bonds. The average Bonchev–Trinajstić information content (AvgIpc) is 1.50. The lowest BCUT2D eigenvalue weighted by Crippen LogP contribution is -1.85. The van der Waals surface area contributed by atoms with Crippen LogP contribution in [0.15, 0.2) is 182 Å². The van der Waals surface area contributed by atoms with Gasteiger partial charge in [0.05, 0.1) is 66.2 Å². The molecule has 0 atom stereocenters. The second-order valence-electron chi connectivity index (χ2n) is 27.3. The Kier molecular flexibility index (Phi) is 7.80. The second kappa shape index (κ2) is 15.8. The SMILES string of the molecule is c1cc2cc3cc4c5cc6cc7cc8c9cc%10cc%11ccc(cc%12ccc(cc%13cc%14c([nH]%13)c(c9[nH]%10)c(c8[nH]7)c7[nH]c8c(c9cc%10cc%13ccc(cc%15ccc(cc%16cc%17c([nH]%16)c(c9[nH]%10)c8c8[nH]c9c(c%10cc(cc%16ccc(cc1[nH]2)[nH]%16)[nH]c%10c(c4[nH]3)c9c5[nH]6)c%178)[nH]%15)[nH]%13)c%147)[nH]%12)[nH]%11. The Morgan fingerprint density at radius 1 is 0.104 bits per heavy atom. The van der Waals surface area contributed by atoms with Crippen LogP contribution in [0.3, 0.4) is 0 Å². The van der Waals surface area contributed by atoms with E-state index in [1.54, 1.807) is 0 Å². The third-order valence-corrected chi connectivity index (χ3v) is 21.6. The van der Waals surface area contributed by atoms with Crippen LogP contribution in [0.25, 0.3) is 273 Å². The van der Waals surface area contributed by atoms with Crippen LogP contribution in [0.4, 0.5) is 0 Å². The molecule has 32 bridgehead atoms. The Hall–Kier alpha value is -13.6. The first kappa shape index (κ1) is 47.3. The third kappa shape index (κ3) is 5.93. The van der Waals surface area contributed by atoms with E-state index in [0.717, 1.165) is 273 Å². The van der Waals surface area contributed by atoms with Gasteiger partial charge in [-0.2, -0.15) is 0 Å². The summed E-state index contributed by atoms with van der Waals surface area (Å²) in [5.74, 6) is 0. The van der Waals surface area contributed by atoms with E-state index in [1.165, 1.54) is 0 Å². The summed E-state index contributed by atoms with van der Waals surface area (Å²) in [6.07, 6.45) is 0. The Balaban J connectivity index is 0.979. The zero-order valence-electron chi connectivity index (χ0n) is 50.3. The predicted octanol–water partition coefficient (Wildman–Crippen LogP) is 21.5. The van der Waals surface area contributed by atoms with Crippen molar-refractivity contribution in [1.82, 2.24) is 79.7 Å². The summed E-state index contributed by atoms with van der Waals surface area (Å²) in [6, 6.07) is 66.9. The summed E-state index contributed by atoms with van der Waals surface area (Å²) >= 11 is 0. The van der Waals surface area contributed by atoms with E-state index >= 15 is 0 Å². The minimum Gasteiger partial charge on any atom is -0.355 e. The number of H-pyrrole nitrogens is 16. The molecule has 0 radical (unpaired) electrons. The highest BCUT2D eigenvalue weighted by molar-refractivity contribution is 6.51. The molecule has 0 fully saturated rings. The summed E-state index contributed by atoms with van der Waals surface area (Å²) in [4.78, 5) is 64.1. The van der Waals surface area contributed by atoms with Gasteiger partial charge in [-0.25, -0.2) is 0 Å². The highest BCUT2D eigenvalue weighted by Crippen LogP contribution is 2.54. The predicted molar refractivity (Wildman–Crippen MR) is 400 cm³/mol. The van der Waals surface area contributed by atoms with Crippen molar-refractivity contribution < 1.29 is 0 Å². The van der Waals surface area contributed by atoms with E-state index in [1.807, 2.05) is 0 Å². The van der Waals surface area contributed by atoms with Crippen LogP contribution in [0.2, 0.25) is 0 Å². The molecule has 0 aliphatic carbocycles. The lowest BCUT2D eigenvalue weighted by Gasteiger charge is -2.09. The molecule has 26 rings (SSSR count). The van der Waals surface area contributed by atoms with Crippen LogP contribution >= 0.6 is 0 Å². The van der Waals surface area contributed by atoms with Crippen LogP contribution in [0, 0.1) is 0 Å². The zero-order chi connectivity index (χ0) is 61.4. The number of fused-ring (bicyclic) bond motifs is 28. The quantitative estimate of drug-likeness (QED) is 0.0677. The summed E-state index contributed by atoms with van der Waals surface area (Å²) < 4.78 is 0. The highest BCUT2D eigenvalue weighted by atomic mass is 14.8. The Bertz CT molecular complexity index is 7820. The lowest BCUT2D eigenvalue weighted by molar-refractivity contribution is 1.50. The number of aromatic amines is 16. The van der Waals surface area contributed by atoms with Gasteiger partial charge < -0.3 is 79.7 Å². The molecule has 0 saturated carbocycles. The van der Waals surface area contributed by atoms with E-state index in [9.17, 15) is 0 Å². The van der Waals surface area contributed by atoms with Crippen molar-refractivity contribution in [1.29, 1.82) is 0 Å². The molecule has 0 spiro atoms. The molecule has 16 N–H and O–H groups in total. The molecule has 0 aliphatic heterocycles. The first-order chi connectivity index (χ1) is 47.3. The van der Waals surface area contributed by atoms with Gasteiger partial charge in [-0.3, -0.25) is 0 Å². The molecule has 96 heavy (non-hydrogen) atoms. The molecule has 6 aromatic carbocycles. The van der Waals surface area contributed by atoms with Gasteiger partial charge in [0.2, 0.25) is 0 Å². The molecule has 26 aromatic rings. The fourth-order valence-corrected chi connectivity index (χ4v) is 18.0. The van der Waals surface area contributed by atoms with Crippen LogP contribution in [0.1, 0.15) is 0 Å². The number of benzene rings is 6. The molecule has 16 heteroatoms. The highest BCUT2D eigenvalue weighted by Gasteiger charge is 2.30. The van der Waals surface area contributed by atoms with Crippen molar-refractivity contribution in [3.8, 4) is 0 Å². The maximum atomic E-state index is 4.44. The number of aromatic nitrogens is 16. The fraction of sp³-hybridized carbons (Fsp3) is 0. The Morgan fingerprint density at radius 2 is 0.250 bits per heavy atom. The van der Waals surface area contributed by atoms with Gasteiger partial charge in [-0.15, -0.1) is 0 Å². The summed E-state index contributed by atoms with van der Waals surface area (Å²) in [5, 5.41) is 20.0. The van der Waals surface area contributed by atoms with Crippen LogP contribution in [-0.2, 0) is 0 Å². The zero-order valence-corrected chi connectivity index (χ0v) is 50.3. The third-order valence-electron chi connectivity index (χ3n) is 21.6. The fourth-order valence-electron chi connectivity index (χ4n) is 18.0. The molecule has 0 aliphatic rings. The van der Waals surface area contributed by atoms with E-state index in [4.69, 9.17) is 0 Å². The smallest absolute Gasteiger partial charge is 0.0574 e. The normalized spacial score (nSPS) is 13.2. The Morgan fingerprint density at radius 3 is 0.458 bits per heavy atom. The minimum absolute atomic E-state index is 0.974. The molecule has 16 nitrogen and oxygen atoms in total. The molecule has 0 unspecified atom stereocenters. The van der Waals surface area contributed by atoms with Crippen molar-refractivity contribution in [3.63, 3.8) is 0 Å². The van der Waals surface area contributed by atoms with Crippen LogP contribution in [-0.4, -0.2) is 79.7 Å².